The van der Waals surface area contributed by atoms with Crippen molar-refractivity contribution in [3.8, 4) is 10.6 Å². The van der Waals surface area contributed by atoms with Gasteiger partial charge < -0.3 is 15.0 Å². The van der Waals surface area contributed by atoms with Crippen LogP contribution in [0.4, 0.5) is 9.80 Å². The highest BCUT2D eigenvalue weighted by Gasteiger charge is 2.29. The summed E-state index contributed by atoms with van der Waals surface area (Å²) in [6, 6.07) is 18.1. The number of carbonyl (C=O) groups is 2. The van der Waals surface area contributed by atoms with Crippen LogP contribution in [0.15, 0.2) is 59.5 Å². The van der Waals surface area contributed by atoms with Crippen molar-refractivity contribution in [1.82, 2.24) is 9.88 Å². The lowest BCUT2D eigenvalue weighted by atomic mass is 10.0. The Kier molecular flexibility index (Phi) is 6.85. The molecule has 2 aromatic carbocycles. The molecule has 0 atom stereocenters. The van der Waals surface area contributed by atoms with E-state index in [4.69, 9.17) is 9.72 Å². The van der Waals surface area contributed by atoms with Crippen LogP contribution in [0.5, 0.6) is 0 Å². The highest BCUT2D eigenvalue weighted by molar-refractivity contribution is 7.99. The molecular formula is C25H23N3O3S3. The lowest BCUT2D eigenvalue weighted by Crippen LogP contribution is -2.35. The van der Waals surface area contributed by atoms with Crippen LogP contribution in [0.3, 0.4) is 0 Å². The molecule has 3 heterocycles. The van der Waals surface area contributed by atoms with Crippen LogP contribution in [-0.2, 0) is 22.5 Å². The molecular weight excluding hydrogens is 486 g/mol. The maximum Gasteiger partial charge on any atom is 0.409 e. The van der Waals surface area contributed by atoms with Crippen molar-refractivity contribution in [3.63, 3.8) is 0 Å². The number of ether oxygens (including phenoxy) is 1. The fourth-order valence-corrected chi connectivity index (χ4v) is 7.21. The van der Waals surface area contributed by atoms with Crippen LogP contribution in [0.2, 0.25) is 0 Å². The minimum atomic E-state index is -0.330. The lowest BCUT2D eigenvalue weighted by Gasteiger charge is -2.25. The second-order valence-electron chi connectivity index (χ2n) is 7.80. The fraction of sp³-hybridized carbons (Fsp3) is 0.240. The zero-order valence-electron chi connectivity index (χ0n) is 18.6. The number of thioether (sulfide) groups is 1. The van der Waals surface area contributed by atoms with E-state index >= 15 is 0 Å². The van der Waals surface area contributed by atoms with Crippen LogP contribution in [0.1, 0.15) is 16.9 Å². The average Bonchev–Trinajstić information content (AvgIpc) is 3.44. The van der Waals surface area contributed by atoms with Crippen LogP contribution in [0, 0.1) is 0 Å². The Bertz CT molecular complexity index is 1300. The van der Waals surface area contributed by atoms with Gasteiger partial charge in [0.15, 0.2) is 0 Å². The number of anilines is 1. The van der Waals surface area contributed by atoms with Gasteiger partial charge in [-0.05, 0) is 36.2 Å². The quantitative estimate of drug-likeness (QED) is 0.310. The first-order valence-electron chi connectivity index (χ1n) is 10.9. The third-order valence-corrected chi connectivity index (χ3v) is 8.79. The van der Waals surface area contributed by atoms with Gasteiger partial charge in [0.05, 0.1) is 23.9 Å². The van der Waals surface area contributed by atoms with Gasteiger partial charge in [-0.1, -0.05) is 30.3 Å². The summed E-state index contributed by atoms with van der Waals surface area (Å²) in [6.45, 7) is 1.06. The molecule has 174 valence electrons. The molecule has 2 aromatic heterocycles. The van der Waals surface area contributed by atoms with E-state index < -0.39 is 0 Å². The summed E-state index contributed by atoms with van der Waals surface area (Å²) in [6.07, 6.45) is 0.783. The van der Waals surface area contributed by atoms with E-state index in [-0.39, 0.29) is 12.0 Å². The van der Waals surface area contributed by atoms with Gasteiger partial charge in [0, 0.05) is 34.1 Å². The zero-order chi connectivity index (χ0) is 23.5. The number of nitrogens with one attached hydrogen (secondary N) is 1. The first-order valence-corrected chi connectivity index (χ1v) is 13.6. The molecule has 0 spiro atoms. The molecule has 4 aromatic rings. The maximum absolute atomic E-state index is 12.9. The predicted octanol–water partition coefficient (Wildman–Crippen LogP) is 6.27. The number of hydrogen-bond acceptors (Lipinski definition) is 7. The molecule has 34 heavy (non-hydrogen) atoms. The summed E-state index contributed by atoms with van der Waals surface area (Å²) in [5.41, 5.74) is 3.11. The number of amides is 2. The molecule has 6 nitrogen and oxygen atoms in total. The van der Waals surface area contributed by atoms with E-state index in [0.29, 0.717) is 31.7 Å². The number of hydrogen-bond donors (Lipinski definition) is 1. The first-order chi connectivity index (χ1) is 16.6. The molecule has 0 bridgehead atoms. The summed E-state index contributed by atoms with van der Waals surface area (Å²) in [4.78, 5) is 33.8. The molecule has 0 fully saturated rings. The molecule has 0 saturated carbocycles. The average molecular weight is 510 g/mol. The Balaban J connectivity index is 1.40. The van der Waals surface area contributed by atoms with Crippen molar-refractivity contribution in [2.45, 2.75) is 24.3 Å². The van der Waals surface area contributed by atoms with Crippen molar-refractivity contribution >= 4 is 61.7 Å². The summed E-state index contributed by atoms with van der Waals surface area (Å²) in [7, 11) is 1.40. The van der Waals surface area contributed by atoms with Crippen LogP contribution in [0.25, 0.3) is 20.8 Å². The summed E-state index contributed by atoms with van der Waals surface area (Å²) < 4.78 is 6.03. The van der Waals surface area contributed by atoms with Gasteiger partial charge in [-0.25, -0.2) is 9.78 Å². The standard InChI is InChI=1S/C25H23N3O3S3/c1-31-25(30)28-13-11-17-20(15-28)34-24(22(17)23-26-18-9-5-6-10-19(18)33-23)27-21(29)12-14-32-16-7-3-2-4-8-16/h2-10H,11-15H2,1H3,(H,27,29). The van der Waals surface area contributed by atoms with E-state index in [9.17, 15) is 9.59 Å². The summed E-state index contributed by atoms with van der Waals surface area (Å²) in [5, 5.41) is 4.87. The second kappa shape index (κ2) is 10.2. The number of nitrogens with zero attached hydrogens (tertiary/aromatic N) is 2. The highest BCUT2D eigenvalue weighted by Crippen LogP contribution is 2.45. The summed E-state index contributed by atoms with van der Waals surface area (Å²) >= 11 is 4.84. The van der Waals surface area contributed by atoms with E-state index in [2.05, 4.69) is 11.4 Å². The van der Waals surface area contributed by atoms with E-state index in [1.807, 2.05) is 48.5 Å². The Hall–Kier alpha value is -2.88. The molecule has 1 aliphatic rings. The molecule has 0 aliphatic carbocycles. The van der Waals surface area contributed by atoms with Crippen molar-refractivity contribution in [3.05, 3.63) is 65.0 Å². The third-order valence-electron chi connectivity index (χ3n) is 5.59. The molecule has 1 N–H and O–H groups in total. The SMILES string of the molecule is COC(=O)N1CCc2c(sc(NC(=O)CCSc3ccccc3)c2-c2nc3ccccc3s2)C1. The minimum Gasteiger partial charge on any atom is -0.453 e. The first kappa shape index (κ1) is 22.9. The number of aromatic nitrogens is 1. The smallest absolute Gasteiger partial charge is 0.409 e. The molecule has 5 rings (SSSR count). The number of para-hydroxylation sites is 1. The van der Waals surface area contributed by atoms with Crippen molar-refractivity contribution < 1.29 is 14.3 Å². The monoisotopic (exact) mass is 509 g/mol. The normalized spacial score (nSPS) is 13.0. The van der Waals surface area contributed by atoms with Gasteiger partial charge >= 0.3 is 6.09 Å². The van der Waals surface area contributed by atoms with E-state index in [1.165, 1.54) is 18.4 Å². The number of carbonyl (C=O) groups excluding carboxylic acids is 2. The van der Waals surface area contributed by atoms with Crippen molar-refractivity contribution in [2.24, 2.45) is 0 Å². The number of methoxy groups -OCH3 is 1. The number of thiazole rings is 1. The Morgan fingerprint density at radius 3 is 2.71 bits per heavy atom. The van der Waals surface area contributed by atoms with Crippen LogP contribution < -0.4 is 5.32 Å². The van der Waals surface area contributed by atoms with Gasteiger partial charge in [0.2, 0.25) is 5.91 Å². The van der Waals surface area contributed by atoms with Gasteiger partial charge in [-0.3, -0.25) is 4.79 Å². The fourth-order valence-electron chi connectivity index (χ4n) is 3.95. The van der Waals surface area contributed by atoms with Gasteiger partial charge in [-0.2, -0.15) is 0 Å². The van der Waals surface area contributed by atoms with Crippen molar-refractivity contribution in [2.75, 3.05) is 24.7 Å². The molecule has 0 unspecified atom stereocenters. The van der Waals surface area contributed by atoms with E-state index in [0.717, 1.165) is 41.1 Å². The number of benzene rings is 2. The molecule has 0 radical (unpaired) electrons. The molecule has 1 aliphatic heterocycles. The second-order valence-corrected chi connectivity index (χ2v) is 11.1. The van der Waals surface area contributed by atoms with Gasteiger partial charge in [0.1, 0.15) is 10.0 Å². The zero-order valence-corrected chi connectivity index (χ0v) is 21.0. The van der Waals surface area contributed by atoms with Gasteiger partial charge in [-0.15, -0.1) is 34.4 Å². The maximum atomic E-state index is 12.9. The van der Waals surface area contributed by atoms with Gasteiger partial charge in [0.25, 0.3) is 0 Å². The summed E-state index contributed by atoms with van der Waals surface area (Å²) in [5.74, 6) is 0.683. The van der Waals surface area contributed by atoms with E-state index in [1.54, 1.807) is 28.0 Å². The number of fused-ring (bicyclic) bond motifs is 2. The number of thiophene rings is 1. The lowest BCUT2D eigenvalue weighted by molar-refractivity contribution is -0.115. The topological polar surface area (TPSA) is 71.5 Å². The third kappa shape index (κ3) is 4.82. The van der Waals surface area contributed by atoms with Crippen LogP contribution in [-0.4, -0.2) is 41.3 Å². The highest BCUT2D eigenvalue weighted by atomic mass is 32.2. The Labute approximate surface area is 210 Å². The predicted molar refractivity (Wildman–Crippen MR) is 140 cm³/mol. The molecule has 0 saturated heterocycles. The Morgan fingerprint density at radius 1 is 1.12 bits per heavy atom. The van der Waals surface area contributed by atoms with Crippen molar-refractivity contribution in [1.29, 1.82) is 0 Å². The van der Waals surface area contributed by atoms with Crippen LogP contribution >= 0.6 is 34.4 Å². The molecule has 2 amide bonds. The molecule has 9 heteroatoms. The minimum absolute atomic E-state index is 0.0192. The Morgan fingerprint density at radius 2 is 1.91 bits per heavy atom. The number of rotatable bonds is 6. The largest absolute Gasteiger partial charge is 0.453 e.